The third kappa shape index (κ3) is 3.53. The van der Waals surface area contributed by atoms with Gasteiger partial charge in [-0.3, -0.25) is 9.59 Å². The smallest absolute Gasteiger partial charge is 0.301 e. The van der Waals surface area contributed by atoms with Crippen LogP contribution in [0.1, 0.15) is 19.4 Å². The van der Waals surface area contributed by atoms with Gasteiger partial charge in [0.2, 0.25) is 0 Å². The van der Waals surface area contributed by atoms with Crippen molar-refractivity contribution in [3.63, 3.8) is 0 Å². The average molecular weight is 422 g/mol. The number of halogens is 2. The maximum atomic E-state index is 13.0. The fourth-order valence-electron chi connectivity index (χ4n) is 2.87. The lowest BCUT2D eigenvalue weighted by Crippen LogP contribution is -2.31. The van der Waals surface area contributed by atoms with Crippen LogP contribution in [-0.4, -0.2) is 30.1 Å². The first-order valence-corrected chi connectivity index (χ1v) is 9.31. The molecule has 0 saturated heterocycles. The van der Waals surface area contributed by atoms with Gasteiger partial charge in [0.05, 0.1) is 29.5 Å². The van der Waals surface area contributed by atoms with Crippen molar-refractivity contribution in [2.24, 2.45) is 0 Å². The van der Waals surface area contributed by atoms with E-state index < -0.39 is 17.6 Å². The van der Waals surface area contributed by atoms with E-state index in [4.69, 9.17) is 32.7 Å². The van der Waals surface area contributed by atoms with Crippen LogP contribution in [0.25, 0.3) is 5.57 Å². The Bertz CT molecular complexity index is 987. The Morgan fingerprint density at radius 3 is 2.25 bits per heavy atom. The van der Waals surface area contributed by atoms with Crippen LogP contribution in [0.3, 0.4) is 0 Å². The minimum absolute atomic E-state index is 0.152. The molecule has 2 aromatic carbocycles. The monoisotopic (exact) mass is 421 g/mol. The quantitative estimate of drug-likeness (QED) is 0.687. The third-order valence-electron chi connectivity index (χ3n) is 4.05. The first-order valence-electron chi connectivity index (χ1n) is 8.56. The highest BCUT2D eigenvalue weighted by atomic mass is 35.5. The summed E-state index contributed by atoms with van der Waals surface area (Å²) < 4.78 is 11.0. The first-order chi connectivity index (χ1) is 13.4. The molecular weight excluding hydrogens is 405 g/mol. The van der Waals surface area contributed by atoms with Gasteiger partial charge in [-0.2, -0.15) is 0 Å². The summed E-state index contributed by atoms with van der Waals surface area (Å²) in [4.78, 5) is 26.5. The number of ether oxygens (including phenoxy) is 2. The molecule has 0 aromatic heterocycles. The molecule has 0 radical (unpaired) electrons. The lowest BCUT2D eigenvalue weighted by molar-refractivity contribution is -0.121. The number of aliphatic hydroxyl groups is 1. The van der Waals surface area contributed by atoms with Gasteiger partial charge in [0.25, 0.3) is 5.91 Å². The van der Waals surface area contributed by atoms with Crippen LogP contribution >= 0.6 is 23.2 Å². The normalized spacial score (nSPS) is 14.1. The maximum Gasteiger partial charge on any atom is 0.301 e. The molecule has 8 heteroatoms. The number of aliphatic hydroxyl groups excluding tert-OH is 1. The van der Waals surface area contributed by atoms with Crippen LogP contribution in [0.4, 0.5) is 5.69 Å². The van der Waals surface area contributed by atoms with Crippen LogP contribution in [-0.2, 0) is 9.59 Å². The summed E-state index contributed by atoms with van der Waals surface area (Å²) in [5, 5.41) is 10.9. The summed E-state index contributed by atoms with van der Waals surface area (Å²) in [6, 6.07) is 9.10. The number of imide groups is 1. The predicted octanol–water partition coefficient (Wildman–Crippen LogP) is 4.63. The fourth-order valence-corrected chi connectivity index (χ4v) is 3.37. The first kappa shape index (κ1) is 20.0. The van der Waals surface area contributed by atoms with Crippen molar-refractivity contribution in [1.29, 1.82) is 0 Å². The van der Waals surface area contributed by atoms with E-state index in [0.717, 1.165) is 4.90 Å². The van der Waals surface area contributed by atoms with Gasteiger partial charge >= 0.3 is 5.91 Å². The molecule has 0 atom stereocenters. The number of rotatable bonds is 6. The Kier molecular flexibility index (Phi) is 5.82. The van der Waals surface area contributed by atoms with Crippen LogP contribution < -0.4 is 14.4 Å². The predicted molar refractivity (Wildman–Crippen MR) is 107 cm³/mol. The molecule has 0 fully saturated rings. The zero-order chi connectivity index (χ0) is 20.4. The Morgan fingerprint density at radius 1 is 0.929 bits per heavy atom. The summed E-state index contributed by atoms with van der Waals surface area (Å²) in [6.07, 6.45) is 0. The highest BCUT2D eigenvalue weighted by Gasteiger charge is 2.41. The van der Waals surface area contributed by atoms with Gasteiger partial charge in [-0.25, -0.2) is 4.90 Å². The average Bonchev–Trinajstić information content (AvgIpc) is 2.87. The summed E-state index contributed by atoms with van der Waals surface area (Å²) in [7, 11) is 0. The Morgan fingerprint density at radius 2 is 1.61 bits per heavy atom. The van der Waals surface area contributed by atoms with Gasteiger partial charge in [0.1, 0.15) is 0 Å². The van der Waals surface area contributed by atoms with E-state index >= 15 is 0 Å². The molecule has 146 valence electrons. The molecule has 0 bridgehead atoms. The SMILES string of the molecule is CCOc1ccc(N2C(=O)C(O)=C(c3ccc(Cl)cc3Cl)C2=O)cc1OCC. The summed E-state index contributed by atoms with van der Waals surface area (Å²) in [5.74, 6) is -1.35. The number of hydrogen-bond donors (Lipinski definition) is 1. The van der Waals surface area contributed by atoms with Crippen molar-refractivity contribution < 1.29 is 24.2 Å². The lowest BCUT2D eigenvalue weighted by Gasteiger charge is -2.18. The molecular formula is C20H17Cl2NO5. The molecule has 3 rings (SSSR count). The molecule has 2 amide bonds. The number of benzene rings is 2. The fraction of sp³-hybridized carbons (Fsp3) is 0.200. The van der Waals surface area contributed by atoms with Gasteiger partial charge in [-0.15, -0.1) is 0 Å². The van der Waals surface area contributed by atoms with Crippen molar-refractivity contribution >= 4 is 46.3 Å². The van der Waals surface area contributed by atoms with Crippen molar-refractivity contribution in [3.05, 3.63) is 57.8 Å². The van der Waals surface area contributed by atoms with E-state index in [1.807, 2.05) is 13.8 Å². The van der Waals surface area contributed by atoms with Crippen LogP contribution in [0.5, 0.6) is 11.5 Å². The second-order valence-electron chi connectivity index (χ2n) is 5.79. The van der Waals surface area contributed by atoms with Gasteiger partial charge in [-0.1, -0.05) is 29.3 Å². The Balaban J connectivity index is 2.03. The summed E-state index contributed by atoms with van der Waals surface area (Å²) in [5.41, 5.74) is 0.285. The molecule has 1 aliphatic heterocycles. The second kappa shape index (κ2) is 8.12. The molecule has 0 saturated carbocycles. The van der Waals surface area contributed by atoms with E-state index in [1.54, 1.807) is 12.1 Å². The molecule has 0 spiro atoms. The number of carbonyl (C=O) groups excluding carboxylic acids is 2. The molecule has 0 aliphatic carbocycles. The standard InChI is InChI=1S/C20H17Cl2NO5/c1-3-27-15-8-6-12(10-16(15)28-4-2)23-19(25)17(18(24)20(23)26)13-7-5-11(21)9-14(13)22/h5-10,24H,3-4H2,1-2H3. The molecule has 1 heterocycles. The van der Waals surface area contributed by atoms with E-state index in [-0.39, 0.29) is 21.8 Å². The van der Waals surface area contributed by atoms with Crippen LogP contribution in [0.15, 0.2) is 42.2 Å². The van der Waals surface area contributed by atoms with Crippen LogP contribution in [0.2, 0.25) is 10.0 Å². The summed E-state index contributed by atoms with van der Waals surface area (Å²) in [6.45, 7) is 4.45. The van der Waals surface area contributed by atoms with E-state index in [1.165, 1.54) is 24.3 Å². The highest BCUT2D eigenvalue weighted by molar-refractivity contribution is 6.47. The molecule has 0 unspecified atom stereocenters. The highest BCUT2D eigenvalue weighted by Crippen LogP contribution is 2.38. The van der Waals surface area contributed by atoms with Gasteiger partial charge < -0.3 is 14.6 Å². The molecule has 6 nitrogen and oxygen atoms in total. The van der Waals surface area contributed by atoms with Crippen LogP contribution in [0, 0.1) is 0 Å². The lowest BCUT2D eigenvalue weighted by atomic mass is 10.1. The van der Waals surface area contributed by atoms with Gasteiger partial charge in [0, 0.05) is 16.7 Å². The minimum Gasteiger partial charge on any atom is -0.502 e. The van der Waals surface area contributed by atoms with E-state index in [2.05, 4.69) is 0 Å². The second-order valence-corrected chi connectivity index (χ2v) is 6.63. The van der Waals surface area contributed by atoms with E-state index in [0.29, 0.717) is 29.7 Å². The van der Waals surface area contributed by atoms with Crippen molar-refractivity contribution in [2.75, 3.05) is 18.1 Å². The molecule has 1 aliphatic rings. The van der Waals surface area contributed by atoms with Gasteiger partial charge in [-0.05, 0) is 38.1 Å². The summed E-state index contributed by atoms with van der Waals surface area (Å²) >= 11 is 12.0. The minimum atomic E-state index is -0.849. The molecule has 1 N–H and O–H groups in total. The Hall–Kier alpha value is -2.70. The van der Waals surface area contributed by atoms with Gasteiger partial charge in [0.15, 0.2) is 17.3 Å². The Labute approximate surface area is 171 Å². The van der Waals surface area contributed by atoms with Crippen molar-refractivity contribution in [3.8, 4) is 11.5 Å². The van der Waals surface area contributed by atoms with Crippen molar-refractivity contribution in [1.82, 2.24) is 0 Å². The molecule has 28 heavy (non-hydrogen) atoms. The number of hydrogen-bond acceptors (Lipinski definition) is 5. The number of anilines is 1. The number of amides is 2. The van der Waals surface area contributed by atoms with Crippen molar-refractivity contribution in [2.45, 2.75) is 13.8 Å². The zero-order valence-corrected chi connectivity index (χ0v) is 16.7. The maximum absolute atomic E-state index is 13.0. The number of carbonyl (C=O) groups is 2. The topological polar surface area (TPSA) is 76.1 Å². The molecule has 2 aromatic rings. The largest absolute Gasteiger partial charge is 0.502 e. The van der Waals surface area contributed by atoms with E-state index in [9.17, 15) is 14.7 Å². The zero-order valence-electron chi connectivity index (χ0n) is 15.2. The number of nitrogens with zero attached hydrogens (tertiary/aromatic N) is 1. The third-order valence-corrected chi connectivity index (χ3v) is 4.59.